The topological polar surface area (TPSA) is 188 Å². The maximum absolute atomic E-state index is 13.2. The second kappa shape index (κ2) is 17.4. The van der Waals surface area contributed by atoms with Crippen LogP contribution < -0.4 is 14.2 Å². The summed E-state index contributed by atoms with van der Waals surface area (Å²) in [4.78, 5) is 58.0. The van der Waals surface area contributed by atoms with Gasteiger partial charge < -0.3 is 43.0 Å². The van der Waals surface area contributed by atoms with Crippen LogP contribution in [0, 0.1) is 0 Å². The summed E-state index contributed by atoms with van der Waals surface area (Å²) < 4.78 is 69.9. The van der Waals surface area contributed by atoms with E-state index in [1.54, 1.807) is 44.3 Å². The maximum Gasteiger partial charge on any atom is 0.387 e. The van der Waals surface area contributed by atoms with Gasteiger partial charge in [0.25, 0.3) is 0 Å². The summed E-state index contributed by atoms with van der Waals surface area (Å²) in [5, 5.41) is 10.5. The van der Waals surface area contributed by atoms with E-state index in [0.29, 0.717) is 23.2 Å². The van der Waals surface area contributed by atoms with Gasteiger partial charge in [-0.25, -0.2) is 9.78 Å². The Kier molecular flexibility index (Phi) is 12.9. The summed E-state index contributed by atoms with van der Waals surface area (Å²) in [7, 11) is 1.07. The van der Waals surface area contributed by atoms with E-state index < -0.39 is 72.7 Å². The molecule has 55 heavy (non-hydrogen) atoms. The third-order valence-corrected chi connectivity index (χ3v) is 8.53. The summed E-state index contributed by atoms with van der Waals surface area (Å²) in [5.41, 5.74) is 1.37. The number of hydrogen-bond donors (Lipinski definition) is 1. The van der Waals surface area contributed by atoms with Crippen molar-refractivity contribution in [3.63, 3.8) is 0 Å². The second-order valence-corrected chi connectivity index (χ2v) is 13.5. The van der Waals surface area contributed by atoms with E-state index in [4.69, 9.17) is 37.9 Å². The molecule has 0 amide bonds. The van der Waals surface area contributed by atoms with Crippen LogP contribution in [0.5, 0.6) is 17.4 Å². The predicted molar refractivity (Wildman–Crippen MR) is 184 cm³/mol. The molecular weight excluding hydrogens is 730 g/mol. The quantitative estimate of drug-likeness (QED) is 0.170. The van der Waals surface area contributed by atoms with Crippen LogP contribution in [0.1, 0.15) is 75.8 Å². The smallest absolute Gasteiger partial charge is 0.387 e. The maximum atomic E-state index is 13.2. The molecule has 0 radical (unpaired) electrons. The number of halogens is 2. The van der Waals surface area contributed by atoms with Crippen molar-refractivity contribution in [2.24, 2.45) is 0 Å². The van der Waals surface area contributed by atoms with Gasteiger partial charge in [-0.05, 0) is 68.0 Å². The molecule has 1 saturated heterocycles. The van der Waals surface area contributed by atoms with Crippen molar-refractivity contribution >= 4 is 23.9 Å². The highest BCUT2D eigenvalue weighted by Crippen LogP contribution is 2.39. The van der Waals surface area contributed by atoms with Crippen LogP contribution in [0.3, 0.4) is 0 Å². The minimum absolute atomic E-state index is 0.0524. The number of methoxy groups -OCH3 is 1. The lowest BCUT2D eigenvalue weighted by Crippen LogP contribution is -2.64. The van der Waals surface area contributed by atoms with Gasteiger partial charge in [-0.15, -0.1) is 0 Å². The van der Waals surface area contributed by atoms with Gasteiger partial charge >= 0.3 is 30.5 Å². The molecule has 6 atom stereocenters. The van der Waals surface area contributed by atoms with E-state index in [2.05, 4.69) is 9.97 Å². The van der Waals surface area contributed by atoms with Gasteiger partial charge in [0.15, 0.2) is 29.8 Å². The van der Waals surface area contributed by atoms with Crippen molar-refractivity contribution in [2.75, 3.05) is 7.11 Å². The first kappa shape index (κ1) is 40.8. The van der Waals surface area contributed by atoms with Gasteiger partial charge in [-0.1, -0.05) is 18.2 Å². The van der Waals surface area contributed by atoms with Crippen molar-refractivity contribution in [3.8, 4) is 17.4 Å². The number of aliphatic hydroxyl groups is 1. The van der Waals surface area contributed by atoms with Crippen LogP contribution in [0.4, 0.5) is 8.78 Å². The SMILES string of the molecule is COC(=O)[C@H]1O[C@@H](Oc2ccc(C[C@H](c3ccc(C(C)(C)O)nc3)c3ccc(OC(F)F)c(OC4CC4)c3)cn2)[C@H](OC(C)=O)[C@@H](OC(C)=O)[C@@H]1OC(C)=O. The highest BCUT2D eigenvalue weighted by molar-refractivity contribution is 5.77. The number of carbonyl (C=O) groups is 4. The zero-order valence-electron chi connectivity index (χ0n) is 30.9. The fraction of sp³-hybridized carbons (Fsp3) is 0.474. The zero-order valence-corrected chi connectivity index (χ0v) is 30.9. The lowest BCUT2D eigenvalue weighted by atomic mass is 9.86. The Bertz CT molecular complexity index is 1830. The van der Waals surface area contributed by atoms with Crippen LogP contribution in [-0.2, 0) is 54.9 Å². The lowest BCUT2D eigenvalue weighted by Gasteiger charge is -2.42. The van der Waals surface area contributed by atoms with Gasteiger partial charge in [0.2, 0.25) is 18.3 Å². The number of nitrogens with zero attached hydrogens (tertiary/aromatic N) is 2. The average Bonchev–Trinajstić information content (AvgIpc) is 3.94. The lowest BCUT2D eigenvalue weighted by molar-refractivity contribution is -0.283. The first-order valence-corrected chi connectivity index (χ1v) is 17.3. The Labute approximate surface area is 315 Å². The second-order valence-electron chi connectivity index (χ2n) is 13.5. The molecule has 1 saturated carbocycles. The molecule has 17 heteroatoms. The van der Waals surface area contributed by atoms with E-state index in [1.807, 2.05) is 6.07 Å². The number of carbonyl (C=O) groups excluding carboxylic acids is 4. The molecule has 1 aliphatic carbocycles. The van der Waals surface area contributed by atoms with Gasteiger partial charge in [-0.2, -0.15) is 8.78 Å². The standard InChI is InChI=1S/C38H42F2N2O13/c1-19(43)49-31-32(50-20(2)44)34(51-21(3)45)36(55-33(31)35(46)48-6)54-30-14-7-22(17-42-30)15-26(24-9-13-29(41-18-24)38(4,5)47)23-8-12-27(53-37(39)40)28(16-23)52-25-10-11-25/h7-9,12-14,16-18,25-26,31-34,36-37,47H,10-11,15H2,1-6H3/t26-,31-,32-,33-,34+,36+/m0/s1. The summed E-state index contributed by atoms with van der Waals surface area (Å²) in [6, 6.07) is 11.4. The highest BCUT2D eigenvalue weighted by atomic mass is 19.3. The molecule has 3 aromatic rings. The fourth-order valence-electron chi connectivity index (χ4n) is 5.92. The predicted octanol–water partition coefficient (Wildman–Crippen LogP) is 4.29. The summed E-state index contributed by atoms with van der Waals surface area (Å²) in [6.07, 6.45) is -2.98. The first-order valence-electron chi connectivity index (χ1n) is 17.3. The molecular formula is C38H42F2N2O13. The third kappa shape index (κ3) is 10.8. The van der Waals surface area contributed by atoms with Crippen molar-refractivity contribution in [2.45, 2.75) is 109 Å². The zero-order chi connectivity index (χ0) is 40.0. The van der Waals surface area contributed by atoms with E-state index in [9.17, 15) is 33.1 Å². The van der Waals surface area contributed by atoms with Gasteiger partial charge in [0.05, 0.1) is 18.9 Å². The van der Waals surface area contributed by atoms with E-state index in [-0.39, 0.29) is 23.5 Å². The number of esters is 4. The van der Waals surface area contributed by atoms with Gasteiger partial charge in [0, 0.05) is 45.1 Å². The molecule has 1 aliphatic heterocycles. The minimum Gasteiger partial charge on any atom is -0.487 e. The number of ether oxygens (including phenoxy) is 8. The van der Waals surface area contributed by atoms with Crippen LogP contribution in [-0.4, -0.2) is 89.5 Å². The third-order valence-electron chi connectivity index (χ3n) is 8.53. The molecule has 296 valence electrons. The van der Waals surface area contributed by atoms with Crippen molar-refractivity contribution < 1.29 is 71.0 Å². The fourth-order valence-corrected chi connectivity index (χ4v) is 5.92. The molecule has 0 unspecified atom stereocenters. The number of alkyl halides is 2. The van der Waals surface area contributed by atoms with Crippen LogP contribution in [0.25, 0.3) is 0 Å². The monoisotopic (exact) mass is 772 g/mol. The normalized spacial score (nSPS) is 21.5. The molecule has 2 fully saturated rings. The first-order chi connectivity index (χ1) is 26.0. The summed E-state index contributed by atoms with van der Waals surface area (Å²) in [6.45, 7) is 3.41. The minimum atomic E-state index is -3.05. The molecule has 15 nitrogen and oxygen atoms in total. The Hall–Kier alpha value is -5.42. The Morgan fingerprint density at radius 1 is 0.836 bits per heavy atom. The summed E-state index contributed by atoms with van der Waals surface area (Å²) >= 11 is 0. The van der Waals surface area contributed by atoms with Crippen molar-refractivity contribution in [1.82, 2.24) is 9.97 Å². The van der Waals surface area contributed by atoms with E-state index in [0.717, 1.165) is 46.3 Å². The number of hydrogen-bond acceptors (Lipinski definition) is 15. The number of benzene rings is 1. The molecule has 3 heterocycles. The van der Waals surface area contributed by atoms with Crippen molar-refractivity contribution in [3.05, 3.63) is 77.2 Å². The number of rotatable bonds is 15. The van der Waals surface area contributed by atoms with Crippen LogP contribution in [0.15, 0.2) is 54.9 Å². The van der Waals surface area contributed by atoms with Crippen LogP contribution in [0.2, 0.25) is 0 Å². The van der Waals surface area contributed by atoms with Gasteiger partial charge in [0.1, 0.15) is 5.60 Å². The van der Waals surface area contributed by atoms with Gasteiger partial charge in [-0.3, -0.25) is 19.4 Å². The molecule has 0 spiro atoms. The number of pyridine rings is 2. The summed E-state index contributed by atoms with van der Waals surface area (Å²) in [5.74, 6) is -3.88. The molecule has 1 aromatic carbocycles. The molecule has 1 N–H and O–H groups in total. The Balaban J connectivity index is 1.45. The highest BCUT2D eigenvalue weighted by Gasteiger charge is 2.56. The molecule has 0 bridgehead atoms. The van der Waals surface area contributed by atoms with Crippen molar-refractivity contribution in [1.29, 1.82) is 0 Å². The average molecular weight is 773 g/mol. The Morgan fingerprint density at radius 2 is 1.49 bits per heavy atom. The van der Waals surface area contributed by atoms with E-state index in [1.165, 1.54) is 18.3 Å². The van der Waals surface area contributed by atoms with Crippen LogP contribution >= 0.6 is 0 Å². The number of aromatic nitrogens is 2. The molecule has 2 aromatic heterocycles. The Morgan fingerprint density at radius 3 is 2.04 bits per heavy atom. The van der Waals surface area contributed by atoms with E-state index >= 15 is 0 Å². The molecule has 2 aliphatic rings. The molecule has 5 rings (SSSR count). The largest absolute Gasteiger partial charge is 0.487 e.